The normalized spacial score (nSPS) is 20.1. The van der Waals surface area contributed by atoms with E-state index < -0.39 is 0 Å². The van der Waals surface area contributed by atoms with E-state index in [4.69, 9.17) is 14.5 Å². The number of nitrogens with one attached hydrogen (secondary N) is 1. The number of aliphatic imine (C=N–C) groups is 1. The molecule has 0 atom stereocenters. The molecule has 0 aromatic heterocycles. The molecule has 30 heavy (non-hydrogen) atoms. The van der Waals surface area contributed by atoms with Crippen molar-refractivity contribution in [1.82, 2.24) is 10.2 Å². The molecule has 1 N–H and O–H groups in total. The molecule has 0 amide bonds. The maximum Gasteiger partial charge on any atom is 0.309 e. The topological polar surface area (TPSA) is 63.2 Å². The lowest BCUT2D eigenvalue weighted by atomic mass is 9.72. The van der Waals surface area contributed by atoms with Crippen molar-refractivity contribution in [2.45, 2.75) is 51.9 Å². The van der Waals surface area contributed by atoms with Gasteiger partial charge < -0.3 is 19.7 Å². The highest BCUT2D eigenvalue weighted by atomic mass is 16.5. The summed E-state index contributed by atoms with van der Waals surface area (Å²) in [6.45, 7) is 11.4. The molecule has 2 fully saturated rings. The summed E-state index contributed by atoms with van der Waals surface area (Å²) < 4.78 is 10.9. The van der Waals surface area contributed by atoms with Crippen LogP contribution < -0.4 is 5.32 Å². The Balaban J connectivity index is 1.74. The van der Waals surface area contributed by atoms with Gasteiger partial charge in [0.15, 0.2) is 5.96 Å². The number of benzene rings is 1. The van der Waals surface area contributed by atoms with Crippen LogP contribution in [0.1, 0.15) is 50.7 Å². The van der Waals surface area contributed by atoms with Crippen molar-refractivity contribution in [3.8, 4) is 0 Å². The van der Waals surface area contributed by atoms with Crippen molar-refractivity contribution in [3.63, 3.8) is 0 Å². The minimum Gasteiger partial charge on any atom is -0.466 e. The summed E-state index contributed by atoms with van der Waals surface area (Å²) in [7, 11) is 0. The molecule has 0 saturated carbocycles. The van der Waals surface area contributed by atoms with E-state index >= 15 is 0 Å². The van der Waals surface area contributed by atoms with Gasteiger partial charge >= 0.3 is 5.97 Å². The molecule has 0 bridgehead atoms. The lowest BCUT2D eigenvalue weighted by Gasteiger charge is -2.39. The number of likely N-dealkylation sites (tertiary alicyclic amines) is 1. The lowest BCUT2D eigenvalue weighted by Crippen LogP contribution is -2.47. The van der Waals surface area contributed by atoms with Crippen LogP contribution in [-0.2, 0) is 19.7 Å². The highest BCUT2D eigenvalue weighted by molar-refractivity contribution is 5.80. The third-order valence-corrected chi connectivity index (χ3v) is 6.45. The molecule has 2 aliphatic rings. The van der Waals surface area contributed by atoms with Gasteiger partial charge in [0.25, 0.3) is 0 Å². The lowest BCUT2D eigenvalue weighted by molar-refractivity contribution is -0.149. The molecule has 0 radical (unpaired) electrons. The molecule has 166 valence electrons. The maximum atomic E-state index is 12.1. The van der Waals surface area contributed by atoms with E-state index in [2.05, 4.69) is 48.3 Å². The van der Waals surface area contributed by atoms with Gasteiger partial charge in [-0.15, -0.1) is 0 Å². The van der Waals surface area contributed by atoms with E-state index in [0.29, 0.717) is 6.61 Å². The molecule has 1 aromatic rings. The van der Waals surface area contributed by atoms with Gasteiger partial charge in [0.1, 0.15) is 0 Å². The zero-order valence-corrected chi connectivity index (χ0v) is 18.8. The highest BCUT2D eigenvalue weighted by Gasteiger charge is 2.36. The van der Waals surface area contributed by atoms with Gasteiger partial charge in [-0.05, 0) is 57.6 Å². The summed E-state index contributed by atoms with van der Waals surface area (Å²) in [5.41, 5.74) is 2.75. The number of hydrogen-bond acceptors (Lipinski definition) is 4. The zero-order chi connectivity index (χ0) is 21.4. The summed E-state index contributed by atoms with van der Waals surface area (Å²) in [5.74, 6) is 0.914. The smallest absolute Gasteiger partial charge is 0.309 e. The maximum absolute atomic E-state index is 12.1. The predicted molar refractivity (Wildman–Crippen MR) is 120 cm³/mol. The van der Waals surface area contributed by atoms with Crippen molar-refractivity contribution < 1.29 is 14.3 Å². The molecular formula is C24H37N3O3. The Hall–Kier alpha value is -2.08. The fourth-order valence-electron chi connectivity index (χ4n) is 4.68. The van der Waals surface area contributed by atoms with Gasteiger partial charge in [0.05, 0.1) is 19.1 Å². The van der Waals surface area contributed by atoms with Gasteiger partial charge in [-0.2, -0.15) is 0 Å². The van der Waals surface area contributed by atoms with E-state index in [1.54, 1.807) is 0 Å². The standard InChI is InChI=1S/C24H37N3O3/c1-4-25-23(27-14-10-20(11-15-27)22(28)30-5-2)26-18-24(12-16-29-17-13-24)21-9-7-6-8-19(21)3/h6-9,20H,4-5,10-18H2,1-3H3,(H,25,26). The number of carbonyl (C=O) groups excluding carboxylic acids is 1. The van der Waals surface area contributed by atoms with Gasteiger partial charge in [0.2, 0.25) is 0 Å². The Labute approximate surface area is 181 Å². The zero-order valence-electron chi connectivity index (χ0n) is 18.8. The average molecular weight is 416 g/mol. The van der Waals surface area contributed by atoms with Gasteiger partial charge in [-0.3, -0.25) is 9.79 Å². The van der Waals surface area contributed by atoms with Gasteiger partial charge in [-0.1, -0.05) is 24.3 Å². The van der Waals surface area contributed by atoms with Crippen molar-refractivity contribution in [3.05, 3.63) is 35.4 Å². The number of guanidine groups is 1. The van der Waals surface area contributed by atoms with Gasteiger partial charge in [0, 0.05) is 38.3 Å². The second-order valence-corrected chi connectivity index (χ2v) is 8.39. The molecule has 1 aromatic carbocycles. The Kier molecular flexibility index (Phi) is 8.14. The molecule has 0 aliphatic carbocycles. The van der Waals surface area contributed by atoms with Crippen LogP contribution in [0.5, 0.6) is 0 Å². The Morgan fingerprint density at radius 1 is 1.23 bits per heavy atom. The van der Waals surface area contributed by atoms with E-state index in [-0.39, 0.29) is 17.3 Å². The van der Waals surface area contributed by atoms with Crippen LogP contribution >= 0.6 is 0 Å². The molecule has 0 unspecified atom stereocenters. The molecule has 6 nitrogen and oxygen atoms in total. The first-order chi connectivity index (χ1) is 14.6. The van der Waals surface area contributed by atoms with Crippen LogP contribution in [0.4, 0.5) is 0 Å². The van der Waals surface area contributed by atoms with Gasteiger partial charge in [-0.25, -0.2) is 0 Å². The van der Waals surface area contributed by atoms with E-state index in [1.165, 1.54) is 11.1 Å². The third-order valence-electron chi connectivity index (χ3n) is 6.45. The quantitative estimate of drug-likeness (QED) is 0.439. The van der Waals surface area contributed by atoms with Crippen LogP contribution in [0.15, 0.2) is 29.3 Å². The number of carbonyl (C=O) groups is 1. The van der Waals surface area contributed by atoms with Crippen molar-refractivity contribution in [2.24, 2.45) is 10.9 Å². The first kappa shape index (κ1) is 22.6. The van der Waals surface area contributed by atoms with E-state index in [0.717, 1.165) is 71.0 Å². The molecule has 0 spiro atoms. The van der Waals surface area contributed by atoms with Crippen LogP contribution in [0.3, 0.4) is 0 Å². The summed E-state index contributed by atoms with van der Waals surface area (Å²) in [6.07, 6.45) is 3.62. The summed E-state index contributed by atoms with van der Waals surface area (Å²) in [5, 5.41) is 3.47. The van der Waals surface area contributed by atoms with Crippen LogP contribution in [0.2, 0.25) is 0 Å². The fraction of sp³-hybridized carbons (Fsp3) is 0.667. The number of piperidine rings is 1. The Bertz CT molecular complexity index is 720. The number of rotatable bonds is 6. The monoisotopic (exact) mass is 415 g/mol. The molecule has 2 heterocycles. The largest absolute Gasteiger partial charge is 0.466 e. The minimum atomic E-state index is -0.0557. The van der Waals surface area contributed by atoms with Crippen LogP contribution in [0.25, 0.3) is 0 Å². The fourth-order valence-corrected chi connectivity index (χ4v) is 4.68. The SMILES string of the molecule is CCNC(=NCC1(c2ccccc2C)CCOCC1)N1CCC(C(=O)OCC)CC1. The molecule has 3 rings (SSSR count). The van der Waals surface area contributed by atoms with Crippen molar-refractivity contribution in [1.29, 1.82) is 0 Å². The first-order valence-corrected chi connectivity index (χ1v) is 11.4. The third kappa shape index (κ3) is 5.34. The van der Waals surface area contributed by atoms with Crippen molar-refractivity contribution >= 4 is 11.9 Å². The Morgan fingerprint density at radius 3 is 2.57 bits per heavy atom. The molecule has 2 saturated heterocycles. The second-order valence-electron chi connectivity index (χ2n) is 8.39. The number of ether oxygens (including phenoxy) is 2. The first-order valence-electron chi connectivity index (χ1n) is 11.4. The molecular weight excluding hydrogens is 378 g/mol. The van der Waals surface area contributed by atoms with E-state index in [1.807, 2.05) is 6.92 Å². The predicted octanol–water partition coefficient (Wildman–Crippen LogP) is 3.28. The number of nitrogens with zero attached hydrogens (tertiary/aromatic N) is 2. The highest BCUT2D eigenvalue weighted by Crippen LogP contribution is 2.37. The summed E-state index contributed by atoms with van der Waals surface area (Å²) >= 11 is 0. The number of aryl methyl sites for hydroxylation is 1. The minimum absolute atomic E-state index is 0.0119. The van der Waals surface area contributed by atoms with E-state index in [9.17, 15) is 4.79 Å². The second kappa shape index (κ2) is 10.8. The Morgan fingerprint density at radius 2 is 1.93 bits per heavy atom. The van der Waals surface area contributed by atoms with Crippen molar-refractivity contribution in [2.75, 3.05) is 46.0 Å². The number of esters is 1. The average Bonchev–Trinajstić information content (AvgIpc) is 2.78. The molecule has 6 heteroatoms. The van der Waals surface area contributed by atoms with Crippen LogP contribution in [-0.4, -0.2) is 62.8 Å². The summed E-state index contributed by atoms with van der Waals surface area (Å²) in [6, 6.07) is 8.69. The summed E-state index contributed by atoms with van der Waals surface area (Å²) in [4.78, 5) is 19.5. The number of hydrogen-bond donors (Lipinski definition) is 1. The molecule has 2 aliphatic heterocycles. The van der Waals surface area contributed by atoms with Crippen LogP contribution in [0, 0.1) is 12.8 Å².